The minimum Gasteiger partial charge on any atom is -0.449 e. The van der Waals surface area contributed by atoms with Gasteiger partial charge in [0.15, 0.2) is 6.23 Å². The second kappa shape index (κ2) is 7.47. The molecule has 3 aromatic carbocycles. The minimum atomic E-state index is -0.328. The van der Waals surface area contributed by atoms with Gasteiger partial charge >= 0.3 is 0 Å². The van der Waals surface area contributed by atoms with Gasteiger partial charge in [-0.05, 0) is 17.9 Å². The molecule has 0 bridgehead atoms. The highest BCUT2D eigenvalue weighted by Crippen LogP contribution is 2.47. The normalized spacial score (nSPS) is 22.6. The van der Waals surface area contributed by atoms with E-state index in [1.165, 1.54) is 5.56 Å². The zero-order valence-electron chi connectivity index (χ0n) is 15.9. The van der Waals surface area contributed by atoms with Gasteiger partial charge in [-0.2, -0.15) is 0 Å². The van der Waals surface area contributed by atoms with Crippen molar-refractivity contribution in [1.29, 1.82) is 0 Å². The van der Waals surface area contributed by atoms with Crippen molar-refractivity contribution in [3.05, 3.63) is 114 Å². The van der Waals surface area contributed by atoms with E-state index < -0.39 is 0 Å². The molecule has 3 aromatic rings. The quantitative estimate of drug-likeness (QED) is 0.681. The number of hydrogen-bond donors (Lipinski definition) is 2. The summed E-state index contributed by atoms with van der Waals surface area (Å²) in [6.07, 6.45) is 0.546. The van der Waals surface area contributed by atoms with Gasteiger partial charge in [0.2, 0.25) is 11.8 Å². The average Bonchev–Trinajstić information content (AvgIpc) is 3.49. The predicted molar refractivity (Wildman–Crippen MR) is 112 cm³/mol. The molecule has 0 spiro atoms. The SMILES string of the molecule is O=C(NC1=C(c2ccccc2)NC(c2ccccc2)O1)C1CC1c1ccccc1. The first-order chi connectivity index (χ1) is 14.3. The molecule has 4 heteroatoms. The summed E-state index contributed by atoms with van der Waals surface area (Å²) >= 11 is 0. The van der Waals surface area contributed by atoms with E-state index in [1.807, 2.05) is 78.9 Å². The fourth-order valence-electron chi connectivity index (χ4n) is 3.85. The lowest BCUT2D eigenvalue weighted by molar-refractivity contribution is -0.122. The summed E-state index contributed by atoms with van der Waals surface area (Å²) < 4.78 is 6.14. The molecular weight excluding hydrogens is 360 g/mol. The zero-order valence-corrected chi connectivity index (χ0v) is 15.9. The lowest BCUT2D eigenvalue weighted by atomic mass is 10.1. The van der Waals surface area contributed by atoms with E-state index in [9.17, 15) is 4.79 Å². The molecule has 1 aliphatic carbocycles. The Hall–Kier alpha value is -3.53. The Morgan fingerprint density at radius 1 is 0.828 bits per heavy atom. The lowest BCUT2D eigenvalue weighted by Crippen LogP contribution is -2.26. The van der Waals surface area contributed by atoms with Crippen molar-refractivity contribution in [2.75, 3.05) is 0 Å². The third kappa shape index (κ3) is 3.61. The van der Waals surface area contributed by atoms with E-state index in [1.54, 1.807) is 0 Å². The van der Waals surface area contributed by atoms with Gasteiger partial charge in [0.05, 0.1) is 0 Å². The molecular formula is C25H22N2O2. The number of ether oxygens (including phenoxy) is 1. The van der Waals surface area contributed by atoms with Crippen molar-refractivity contribution in [2.24, 2.45) is 5.92 Å². The van der Waals surface area contributed by atoms with E-state index in [2.05, 4.69) is 22.8 Å². The highest BCUT2D eigenvalue weighted by atomic mass is 16.5. The molecule has 1 aliphatic heterocycles. The van der Waals surface area contributed by atoms with Crippen LogP contribution < -0.4 is 10.6 Å². The summed E-state index contributed by atoms with van der Waals surface area (Å²) in [5.74, 6) is 0.782. The number of carbonyl (C=O) groups excluding carboxylic acids is 1. The van der Waals surface area contributed by atoms with Crippen LogP contribution in [0.5, 0.6) is 0 Å². The van der Waals surface area contributed by atoms with Crippen LogP contribution in [0, 0.1) is 5.92 Å². The molecule has 0 saturated heterocycles. The molecule has 1 saturated carbocycles. The number of nitrogens with one attached hydrogen (secondary N) is 2. The monoisotopic (exact) mass is 382 g/mol. The van der Waals surface area contributed by atoms with Gasteiger partial charge in [0.1, 0.15) is 5.70 Å². The smallest absolute Gasteiger partial charge is 0.230 e. The summed E-state index contributed by atoms with van der Waals surface area (Å²) in [7, 11) is 0. The molecule has 4 nitrogen and oxygen atoms in total. The minimum absolute atomic E-state index is 0.0118. The first-order valence-electron chi connectivity index (χ1n) is 9.93. The molecule has 1 amide bonds. The van der Waals surface area contributed by atoms with Crippen LogP contribution in [0.4, 0.5) is 0 Å². The van der Waals surface area contributed by atoms with Gasteiger partial charge in [-0.3, -0.25) is 10.1 Å². The summed E-state index contributed by atoms with van der Waals surface area (Å²) in [6.45, 7) is 0. The van der Waals surface area contributed by atoms with Crippen molar-refractivity contribution in [3.63, 3.8) is 0 Å². The molecule has 1 fully saturated rings. The Bertz CT molecular complexity index is 1030. The molecule has 5 rings (SSSR count). The number of benzene rings is 3. The number of rotatable bonds is 5. The van der Waals surface area contributed by atoms with Crippen molar-refractivity contribution < 1.29 is 9.53 Å². The number of hydrogen-bond acceptors (Lipinski definition) is 3. The molecule has 29 heavy (non-hydrogen) atoms. The molecule has 2 N–H and O–H groups in total. The van der Waals surface area contributed by atoms with Gasteiger partial charge in [-0.25, -0.2) is 0 Å². The van der Waals surface area contributed by atoms with Gasteiger partial charge in [0, 0.05) is 17.0 Å². The average molecular weight is 382 g/mol. The van der Waals surface area contributed by atoms with E-state index in [0.717, 1.165) is 23.2 Å². The maximum Gasteiger partial charge on any atom is 0.230 e. The summed E-state index contributed by atoms with van der Waals surface area (Å²) in [5.41, 5.74) is 4.03. The van der Waals surface area contributed by atoms with Crippen LogP contribution in [0.3, 0.4) is 0 Å². The van der Waals surface area contributed by atoms with Gasteiger partial charge < -0.3 is 10.1 Å². The topological polar surface area (TPSA) is 50.4 Å². The third-order valence-corrected chi connectivity index (χ3v) is 5.49. The molecule has 2 aliphatic rings. The molecule has 0 radical (unpaired) electrons. The molecule has 3 unspecified atom stereocenters. The maximum atomic E-state index is 12.9. The highest BCUT2D eigenvalue weighted by Gasteiger charge is 2.44. The van der Waals surface area contributed by atoms with E-state index in [0.29, 0.717) is 5.88 Å². The van der Waals surface area contributed by atoms with Gasteiger partial charge in [0.25, 0.3) is 0 Å². The van der Waals surface area contributed by atoms with E-state index >= 15 is 0 Å². The number of carbonyl (C=O) groups is 1. The fourth-order valence-corrected chi connectivity index (χ4v) is 3.85. The van der Waals surface area contributed by atoms with Crippen molar-refractivity contribution >= 4 is 11.6 Å². The fraction of sp³-hybridized carbons (Fsp3) is 0.160. The van der Waals surface area contributed by atoms with Crippen molar-refractivity contribution in [1.82, 2.24) is 10.6 Å². The highest BCUT2D eigenvalue weighted by molar-refractivity contribution is 5.86. The molecule has 0 aromatic heterocycles. The standard InChI is InChI=1S/C25H22N2O2/c28-23(21-16-20(21)17-10-4-1-5-11-17)27-25-22(18-12-6-2-7-13-18)26-24(29-25)19-14-8-3-9-15-19/h1-15,20-21,24,26H,16H2,(H,27,28). The lowest BCUT2D eigenvalue weighted by Gasteiger charge is -2.13. The Kier molecular flexibility index (Phi) is 4.53. The van der Waals surface area contributed by atoms with Crippen molar-refractivity contribution in [2.45, 2.75) is 18.6 Å². The van der Waals surface area contributed by atoms with E-state index in [-0.39, 0.29) is 24.0 Å². The second-order valence-electron chi connectivity index (χ2n) is 7.47. The molecule has 3 atom stereocenters. The Morgan fingerprint density at radius 2 is 1.41 bits per heavy atom. The summed E-state index contributed by atoms with van der Waals surface area (Å²) in [5, 5.41) is 6.47. The van der Waals surface area contributed by atoms with Crippen molar-refractivity contribution in [3.8, 4) is 0 Å². The third-order valence-electron chi connectivity index (χ3n) is 5.49. The van der Waals surface area contributed by atoms with Gasteiger partial charge in [-0.1, -0.05) is 91.0 Å². The van der Waals surface area contributed by atoms with Crippen LogP contribution in [0.1, 0.15) is 35.3 Å². The van der Waals surface area contributed by atoms with Crippen LogP contribution in [-0.4, -0.2) is 5.91 Å². The Morgan fingerprint density at radius 3 is 2.07 bits per heavy atom. The molecule has 144 valence electrons. The van der Waals surface area contributed by atoms with Crippen LogP contribution in [0.25, 0.3) is 5.70 Å². The molecule has 1 heterocycles. The Balaban J connectivity index is 1.36. The second-order valence-corrected chi connectivity index (χ2v) is 7.47. The predicted octanol–water partition coefficient (Wildman–Crippen LogP) is 4.55. The maximum absolute atomic E-state index is 12.9. The zero-order chi connectivity index (χ0) is 19.6. The summed E-state index contributed by atoms with van der Waals surface area (Å²) in [4.78, 5) is 12.9. The number of amides is 1. The first-order valence-corrected chi connectivity index (χ1v) is 9.93. The Labute approximate surface area is 170 Å². The van der Waals surface area contributed by atoms with Gasteiger partial charge in [-0.15, -0.1) is 0 Å². The first kappa shape index (κ1) is 17.6. The summed E-state index contributed by atoms with van der Waals surface area (Å²) in [6, 6.07) is 30.1. The van der Waals surface area contributed by atoms with Crippen LogP contribution in [0.15, 0.2) is 96.9 Å². The van der Waals surface area contributed by atoms with Crippen LogP contribution in [0.2, 0.25) is 0 Å². The van der Waals surface area contributed by atoms with Crippen LogP contribution in [-0.2, 0) is 9.53 Å². The van der Waals surface area contributed by atoms with Crippen LogP contribution >= 0.6 is 0 Å². The van der Waals surface area contributed by atoms with E-state index in [4.69, 9.17) is 4.74 Å². The largest absolute Gasteiger partial charge is 0.449 e.